The van der Waals surface area contributed by atoms with Crippen LogP contribution in [-0.2, 0) is 17.1 Å². The van der Waals surface area contributed by atoms with Crippen LogP contribution in [0.25, 0.3) is 5.57 Å². The first-order valence-electron chi connectivity index (χ1n) is 11.1. The molecule has 5 rings (SSSR count). The highest BCUT2D eigenvalue weighted by atomic mass is 32.2. The second kappa shape index (κ2) is 7.76. The summed E-state index contributed by atoms with van der Waals surface area (Å²) in [5.41, 5.74) is 4.59. The van der Waals surface area contributed by atoms with Crippen LogP contribution in [-0.4, -0.2) is 53.6 Å². The molecule has 1 N–H and O–H groups in total. The Kier molecular flexibility index (Phi) is 5.19. The monoisotopic (exact) mass is 442 g/mol. The number of hydrogen-bond donors (Lipinski definition) is 1. The van der Waals surface area contributed by atoms with Gasteiger partial charge in [-0.2, -0.15) is 4.31 Å². The third kappa shape index (κ3) is 3.32. The summed E-state index contributed by atoms with van der Waals surface area (Å²) < 4.78 is 30.4. The third-order valence-corrected chi connectivity index (χ3v) is 8.99. The molecule has 1 aromatic carbocycles. The van der Waals surface area contributed by atoms with E-state index in [9.17, 15) is 13.5 Å². The van der Waals surface area contributed by atoms with E-state index in [1.165, 1.54) is 30.3 Å². The maximum Gasteiger partial charge on any atom is 0.262 e. The van der Waals surface area contributed by atoms with Crippen molar-refractivity contribution in [3.05, 3.63) is 47.9 Å². The van der Waals surface area contributed by atoms with E-state index in [4.69, 9.17) is 0 Å². The summed E-state index contributed by atoms with van der Waals surface area (Å²) in [7, 11) is 0.0476. The van der Waals surface area contributed by atoms with E-state index in [0.717, 1.165) is 30.5 Å². The zero-order chi connectivity index (χ0) is 21.8. The van der Waals surface area contributed by atoms with E-state index < -0.39 is 10.0 Å². The minimum absolute atomic E-state index is 0.00147. The number of anilines is 1. The molecule has 2 aromatic rings. The molecule has 7 nitrogen and oxygen atoms in total. The lowest BCUT2D eigenvalue weighted by atomic mass is 9.81. The molecular formula is C23H30N4O3S. The second-order valence-corrected chi connectivity index (χ2v) is 10.8. The van der Waals surface area contributed by atoms with Crippen molar-refractivity contribution >= 4 is 21.3 Å². The van der Waals surface area contributed by atoms with E-state index in [1.807, 2.05) is 7.05 Å². The second-order valence-electron chi connectivity index (χ2n) is 9.00. The first-order valence-corrected chi connectivity index (χ1v) is 12.5. The summed E-state index contributed by atoms with van der Waals surface area (Å²) >= 11 is 0. The normalized spacial score (nSPS) is 26.5. The van der Waals surface area contributed by atoms with Gasteiger partial charge in [0.05, 0.1) is 25.0 Å². The molecule has 0 spiro atoms. The Balaban J connectivity index is 1.62. The van der Waals surface area contributed by atoms with Gasteiger partial charge in [-0.3, -0.25) is 0 Å². The van der Waals surface area contributed by atoms with E-state index in [-0.39, 0.29) is 29.6 Å². The highest BCUT2D eigenvalue weighted by Gasteiger charge is 2.50. The van der Waals surface area contributed by atoms with Crippen LogP contribution in [0.4, 0.5) is 5.69 Å². The predicted octanol–water partition coefficient (Wildman–Crippen LogP) is 2.94. The number of allylic oxidation sites excluding steroid dienone is 2. The molecule has 0 saturated carbocycles. The van der Waals surface area contributed by atoms with Gasteiger partial charge in [-0.25, -0.2) is 13.4 Å². The molecule has 3 heterocycles. The van der Waals surface area contributed by atoms with Gasteiger partial charge in [0.2, 0.25) is 0 Å². The number of likely N-dealkylation sites (N-methyl/N-ethyl adjacent to an activating group) is 1. The lowest BCUT2D eigenvalue weighted by Crippen LogP contribution is -2.48. The SMILES string of the molecule is CN1c2ccc(C3=CCCCC3)cc2[C@H]2[C@H](CCN2S(=O)(=O)c2cn(C)cn2)[C@@H]1CO. The summed E-state index contributed by atoms with van der Waals surface area (Å²) in [6, 6.07) is 6.04. The van der Waals surface area contributed by atoms with Crippen molar-refractivity contribution < 1.29 is 13.5 Å². The van der Waals surface area contributed by atoms with E-state index in [2.05, 4.69) is 34.2 Å². The molecule has 1 fully saturated rings. The molecular weight excluding hydrogens is 412 g/mol. The molecule has 166 valence electrons. The largest absolute Gasteiger partial charge is 0.394 e. The number of sulfonamides is 1. The summed E-state index contributed by atoms with van der Waals surface area (Å²) in [6.07, 6.45) is 10.7. The Bertz CT molecular complexity index is 1120. The first-order chi connectivity index (χ1) is 14.9. The third-order valence-electron chi connectivity index (χ3n) is 7.22. The predicted molar refractivity (Wildman–Crippen MR) is 120 cm³/mol. The fourth-order valence-electron chi connectivity index (χ4n) is 5.62. The Morgan fingerprint density at radius 2 is 2.06 bits per heavy atom. The fourth-order valence-corrected chi connectivity index (χ4v) is 7.26. The zero-order valence-corrected chi connectivity index (χ0v) is 18.9. The number of fused-ring (bicyclic) bond motifs is 3. The number of nitrogens with zero attached hydrogens (tertiary/aromatic N) is 4. The molecule has 3 aliphatic rings. The average molecular weight is 443 g/mol. The Labute approximate surface area is 184 Å². The summed E-state index contributed by atoms with van der Waals surface area (Å²) in [6.45, 7) is 0.437. The number of rotatable bonds is 4. The molecule has 0 amide bonds. The van der Waals surface area contributed by atoms with Gasteiger partial charge < -0.3 is 14.6 Å². The zero-order valence-electron chi connectivity index (χ0n) is 18.1. The lowest BCUT2D eigenvalue weighted by molar-refractivity contribution is 0.193. The van der Waals surface area contributed by atoms with Crippen molar-refractivity contribution in [3.8, 4) is 0 Å². The van der Waals surface area contributed by atoms with Crippen molar-refractivity contribution in [3.63, 3.8) is 0 Å². The van der Waals surface area contributed by atoms with Crippen molar-refractivity contribution in [1.82, 2.24) is 13.9 Å². The number of benzene rings is 1. The van der Waals surface area contributed by atoms with Gasteiger partial charge in [0.1, 0.15) is 0 Å². The summed E-state index contributed by atoms with van der Waals surface area (Å²) in [5.74, 6) is 0.0385. The number of imidazole rings is 1. The quantitative estimate of drug-likeness (QED) is 0.788. The van der Waals surface area contributed by atoms with Crippen LogP contribution in [0.5, 0.6) is 0 Å². The molecule has 0 unspecified atom stereocenters. The van der Waals surface area contributed by atoms with Crippen molar-refractivity contribution in [2.75, 3.05) is 25.1 Å². The molecule has 2 aliphatic heterocycles. The molecule has 1 saturated heterocycles. The molecule has 1 aliphatic carbocycles. The standard InChI is InChI=1S/C23H30N4O3S/c1-25-13-22(24-15-25)31(29,30)27-11-10-18-21(14-28)26(2)20-9-8-17(12-19(20)23(18)27)16-6-4-3-5-7-16/h6,8-9,12-13,15,18,21,23,28H,3-5,7,10-11,14H2,1-2H3/t18-,21+,23-/m1/s1. The number of aliphatic hydroxyl groups excluding tert-OH is 1. The molecule has 1 aromatic heterocycles. The van der Waals surface area contributed by atoms with Crippen LogP contribution in [0.1, 0.15) is 49.3 Å². The van der Waals surface area contributed by atoms with Gasteiger partial charge in [0.25, 0.3) is 10.0 Å². The average Bonchev–Trinajstić information content (AvgIpc) is 3.42. The smallest absolute Gasteiger partial charge is 0.262 e. The molecule has 31 heavy (non-hydrogen) atoms. The van der Waals surface area contributed by atoms with Gasteiger partial charge in [-0.1, -0.05) is 12.1 Å². The molecule has 8 heteroatoms. The number of aliphatic hydroxyl groups is 1. The Morgan fingerprint density at radius 3 is 2.74 bits per heavy atom. The van der Waals surface area contributed by atoms with Crippen molar-refractivity contribution in [1.29, 1.82) is 0 Å². The maximum absolute atomic E-state index is 13.5. The maximum atomic E-state index is 13.5. The highest BCUT2D eigenvalue weighted by Crippen LogP contribution is 2.50. The number of aromatic nitrogens is 2. The fraction of sp³-hybridized carbons (Fsp3) is 0.522. The van der Waals surface area contributed by atoms with E-state index in [1.54, 1.807) is 22.1 Å². The van der Waals surface area contributed by atoms with Crippen LogP contribution in [0.3, 0.4) is 0 Å². The van der Waals surface area contributed by atoms with Crippen LogP contribution in [0.15, 0.2) is 41.8 Å². The lowest BCUT2D eigenvalue weighted by Gasteiger charge is -2.44. The van der Waals surface area contributed by atoms with Crippen LogP contribution >= 0.6 is 0 Å². The first kappa shape index (κ1) is 20.7. The van der Waals surface area contributed by atoms with Crippen molar-refractivity contribution in [2.45, 2.75) is 49.2 Å². The van der Waals surface area contributed by atoms with Crippen LogP contribution in [0.2, 0.25) is 0 Å². The Morgan fingerprint density at radius 1 is 1.23 bits per heavy atom. The number of aryl methyl sites for hydroxylation is 1. The van der Waals surface area contributed by atoms with Gasteiger partial charge in [-0.15, -0.1) is 0 Å². The Hall–Kier alpha value is -2.16. The topological polar surface area (TPSA) is 78.7 Å². The van der Waals surface area contributed by atoms with Gasteiger partial charge in [-0.05, 0) is 60.9 Å². The highest BCUT2D eigenvalue weighted by molar-refractivity contribution is 7.89. The molecule has 3 atom stereocenters. The minimum atomic E-state index is -3.73. The van der Waals surface area contributed by atoms with Crippen LogP contribution in [0, 0.1) is 5.92 Å². The van der Waals surface area contributed by atoms with Crippen LogP contribution < -0.4 is 4.90 Å². The molecule has 0 bridgehead atoms. The van der Waals surface area contributed by atoms with Gasteiger partial charge in [0.15, 0.2) is 5.03 Å². The van der Waals surface area contributed by atoms with E-state index in [0.29, 0.717) is 6.54 Å². The van der Waals surface area contributed by atoms with Gasteiger partial charge >= 0.3 is 0 Å². The molecule has 0 radical (unpaired) electrons. The minimum Gasteiger partial charge on any atom is -0.394 e. The summed E-state index contributed by atoms with van der Waals surface area (Å²) in [5, 5.41) is 10.3. The number of hydrogen-bond acceptors (Lipinski definition) is 5. The van der Waals surface area contributed by atoms with Crippen molar-refractivity contribution in [2.24, 2.45) is 13.0 Å². The van der Waals surface area contributed by atoms with Gasteiger partial charge in [0, 0.05) is 38.4 Å². The summed E-state index contributed by atoms with van der Waals surface area (Å²) in [4.78, 5) is 6.27. The van der Waals surface area contributed by atoms with E-state index >= 15 is 0 Å².